The molecule has 0 aliphatic heterocycles. The summed E-state index contributed by atoms with van der Waals surface area (Å²) >= 11 is 0. The van der Waals surface area contributed by atoms with Crippen LogP contribution in [-0.2, 0) is 14.9 Å². The summed E-state index contributed by atoms with van der Waals surface area (Å²) in [7, 11) is -4.19. The third-order valence-corrected chi connectivity index (χ3v) is 1.70. The molecule has 11 heavy (non-hydrogen) atoms. The Bertz CT molecular complexity index is 221. The standard InChI is InChI=1S/C5H11NO4S/c1-2-5(7)6-3-4-11(8,9)10/h2-4H2,1H3,(H,6,7)(H,8,9,10)/p-1. The van der Waals surface area contributed by atoms with E-state index in [1.54, 1.807) is 6.92 Å². The summed E-state index contributed by atoms with van der Waals surface area (Å²) in [6, 6.07) is 0. The highest BCUT2D eigenvalue weighted by molar-refractivity contribution is 7.85. The predicted molar refractivity (Wildman–Crippen MR) is 37.9 cm³/mol. The molecule has 1 amide bonds. The maximum absolute atomic E-state index is 10.5. The molecule has 0 aromatic rings. The smallest absolute Gasteiger partial charge is 0.219 e. The van der Waals surface area contributed by atoms with Gasteiger partial charge in [-0.25, -0.2) is 8.42 Å². The van der Waals surface area contributed by atoms with Gasteiger partial charge in [-0.3, -0.25) is 4.79 Å². The summed E-state index contributed by atoms with van der Waals surface area (Å²) < 4.78 is 30.0. The first-order valence-corrected chi connectivity index (χ1v) is 4.73. The molecule has 0 aliphatic rings. The molecule has 6 heteroatoms. The molecule has 0 saturated carbocycles. The Morgan fingerprint density at radius 3 is 2.45 bits per heavy atom. The number of hydrogen-bond acceptors (Lipinski definition) is 4. The van der Waals surface area contributed by atoms with Crippen molar-refractivity contribution >= 4 is 16.0 Å². The van der Waals surface area contributed by atoms with Gasteiger partial charge in [0.05, 0.1) is 15.9 Å². The van der Waals surface area contributed by atoms with Crippen molar-refractivity contribution in [2.24, 2.45) is 0 Å². The minimum atomic E-state index is -4.19. The molecule has 0 fully saturated rings. The van der Waals surface area contributed by atoms with Crippen LogP contribution in [0.1, 0.15) is 13.3 Å². The Labute approximate surface area is 65.5 Å². The highest BCUT2D eigenvalue weighted by atomic mass is 32.2. The fourth-order valence-electron chi connectivity index (χ4n) is 0.440. The van der Waals surface area contributed by atoms with Crippen molar-refractivity contribution in [3.63, 3.8) is 0 Å². The van der Waals surface area contributed by atoms with E-state index in [0.29, 0.717) is 6.42 Å². The molecule has 0 aliphatic carbocycles. The fourth-order valence-corrected chi connectivity index (χ4v) is 0.793. The SMILES string of the molecule is CCC(=O)NCCS(=O)(=O)[O-]. The van der Waals surface area contributed by atoms with Crippen LogP contribution in [0.4, 0.5) is 0 Å². The van der Waals surface area contributed by atoms with E-state index in [-0.39, 0.29) is 12.5 Å². The lowest BCUT2D eigenvalue weighted by Gasteiger charge is -2.06. The van der Waals surface area contributed by atoms with Gasteiger partial charge in [0.1, 0.15) is 0 Å². The van der Waals surface area contributed by atoms with E-state index in [1.807, 2.05) is 0 Å². The minimum absolute atomic E-state index is 0.0987. The van der Waals surface area contributed by atoms with Gasteiger partial charge in [-0.2, -0.15) is 0 Å². The topological polar surface area (TPSA) is 86.3 Å². The molecule has 0 aromatic heterocycles. The Hall–Kier alpha value is -0.620. The number of nitrogens with one attached hydrogen (secondary N) is 1. The van der Waals surface area contributed by atoms with Gasteiger partial charge in [-0.15, -0.1) is 0 Å². The highest BCUT2D eigenvalue weighted by Gasteiger charge is 1.97. The molecule has 5 nitrogen and oxygen atoms in total. The molecule has 66 valence electrons. The van der Waals surface area contributed by atoms with Gasteiger partial charge in [-0.1, -0.05) is 6.92 Å². The maximum atomic E-state index is 10.5. The second-order valence-electron chi connectivity index (χ2n) is 1.97. The lowest BCUT2D eigenvalue weighted by molar-refractivity contribution is -0.120. The van der Waals surface area contributed by atoms with Crippen molar-refractivity contribution in [2.75, 3.05) is 12.3 Å². The van der Waals surface area contributed by atoms with Crippen molar-refractivity contribution in [1.29, 1.82) is 0 Å². The summed E-state index contributed by atoms with van der Waals surface area (Å²) in [4.78, 5) is 10.5. The zero-order valence-electron chi connectivity index (χ0n) is 6.16. The number of hydrogen-bond donors (Lipinski definition) is 1. The van der Waals surface area contributed by atoms with Gasteiger partial charge < -0.3 is 9.87 Å². The van der Waals surface area contributed by atoms with Crippen LogP contribution in [0.25, 0.3) is 0 Å². The number of carbonyl (C=O) groups excluding carboxylic acids is 1. The summed E-state index contributed by atoms with van der Waals surface area (Å²) in [5.41, 5.74) is 0. The van der Waals surface area contributed by atoms with Crippen LogP contribution in [0.3, 0.4) is 0 Å². The molecular weight excluding hydrogens is 170 g/mol. The molecule has 1 N–H and O–H groups in total. The van der Waals surface area contributed by atoms with Crippen LogP contribution in [0.5, 0.6) is 0 Å². The summed E-state index contributed by atoms with van der Waals surface area (Å²) in [5.74, 6) is -0.799. The second kappa shape index (κ2) is 4.30. The average Bonchev–Trinajstić information content (AvgIpc) is 1.85. The molecule has 0 radical (unpaired) electrons. The maximum Gasteiger partial charge on any atom is 0.219 e. The lowest BCUT2D eigenvalue weighted by atomic mass is 10.4. The van der Waals surface area contributed by atoms with Crippen molar-refractivity contribution in [3.8, 4) is 0 Å². The normalized spacial score (nSPS) is 11.1. The Morgan fingerprint density at radius 2 is 2.09 bits per heavy atom. The molecule has 0 bridgehead atoms. The Kier molecular flexibility index (Phi) is 4.06. The summed E-state index contributed by atoms with van der Waals surface area (Å²) in [5, 5.41) is 2.27. The number of carbonyl (C=O) groups is 1. The summed E-state index contributed by atoms with van der Waals surface area (Å²) in [6.45, 7) is 1.54. The first kappa shape index (κ1) is 10.4. The summed E-state index contributed by atoms with van der Waals surface area (Å²) in [6.07, 6.45) is 0.291. The van der Waals surface area contributed by atoms with E-state index >= 15 is 0 Å². The monoisotopic (exact) mass is 180 g/mol. The molecule has 0 saturated heterocycles. The van der Waals surface area contributed by atoms with Crippen LogP contribution in [-0.4, -0.2) is 31.2 Å². The Balaban J connectivity index is 3.51. The highest BCUT2D eigenvalue weighted by Crippen LogP contribution is 1.79. The first-order chi connectivity index (χ1) is 4.95. The number of amides is 1. The van der Waals surface area contributed by atoms with Crippen molar-refractivity contribution in [3.05, 3.63) is 0 Å². The van der Waals surface area contributed by atoms with Gasteiger partial charge in [-0.05, 0) is 0 Å². The van der Waals surface area contributed by atoms with E-state index in [2.05, 4.69) is 5.32 Å². The van der Waals surface area contributed by atoms with Crippen LogP contribution >= 0.6 is 0 Å². The first-order valence-electron chi connectivity index (χ1n) is 3.16. The van der Waals surface area contributed by atoms with E-state index < -0.39 is 15.9 Å². The predicted octanol–water partition coefficient (Wildman–Crippen LogP) is -0.942. The lowest BCUT2D eigenvalue weighted by Crippen LogP contribution is -2.28. The third-order valence-electron chi connectivity index (χ3n) is 0.995. The molecule has 0 aromatic carbocycles. The van der Waals surface area contributed by atoms with E-state index in [0.717, 1.165) is 0 Å². The zero-order chi connectivity index (χ0) is 8.91. The van der Waals surface area contributed by atoms with E-state index in [1.165, 1.54) is 0 Å². The van der Waals surface area contributed by atoms with E-state index in [9.17, 15) is 17.8 Å². The molecule has 0 atom stereocenters. The van der Waals surface area contributed by atoms with Crippen LogP contribution in [0.2, 0.25) is 0 Å². The van der Waals surface area contributed by atoms with E-state index in [4.69, 9.17) is 0 Å². The van der Waals surface area contributed by atoms with Crippen LogP contribution in [0.15, 0.2) is 0 Å². The van der Waals surface area contributed by atoms with Crippen LogP contribution < -0.4 is 5.32 Å². The van der Waals surface area contributed by atoms with Crippen molar-refractivity contribution in [2.45, 2.75) is 13.3 Å². The molecule has 0 heterocycles. The quantitative estimate of drug-likeness (QED) is 0.565. The largest absolute Gasteiger partial charge is 0.748 e. The molecule has 0 spiro atoms. The minimum Gasteiger partial charge on any atom is -0.748 e. The van der Waals surface area contributed by atoms with Crippen molar-refractivity contribution in [1.82, 2.24) is 5.32 Å². The second-order valence-corrected chi connectivity index (χ2v) is 3.49. The van der Waals surface area contributed by atoms with Crippen LogP contribution in [0, 0.1) is 0 Å². The average molecular weight is 180 g/mol. The number of rotatable bonds is 4. The van der Waals surface area contributed by atoms with Crippen molar-refractivity contribution < 1.29 is 17.8 Å². The fraction of sp³-hybridized carbons (Fsp3) is 0.800. The van der Waals surface area contributed by atoms with Gasteiger partial charge in [0.15, 0.2) is 0 Å². The molecule has 0 unspecified atom stereocenters. The van der Waals surface area contributed by atoms with Gasteiger partial charge >= 0.3 is 0 Å². The Morgan fingerprint density at radius 1 is 1.55 bits per heavy atom. The van der Waals surface area contributed by atoms with Gasteiger partial charge in [0.2, 0.25) is 5.91 Å². The molecular formula is C5H10NO4S-. The van der Waals surface area contributed by atoms with Gasteiger partial charge in [0.25, 0.3) is 0 Å². The zero-order valence-corrected chi connectivity index (χ0v) is 6.98. The van der Waals surface area contributed by atoms with Gasteiger partial charge in [0, 0.05) is 13.0 Å². The third kappa shape index (κ3) is 7.27. The molecule has 0 rings (SSSR count).